The summed E-state index contributed by atoms with van der Waals surface area (Å²) in [6.45, 7) is 4.45. The summed E-state index contributed by atoms with van der Waals surface area (Å²) in [7, 11) is 1.64. The minimum atomic E-state index is -0.358. The minimum absolute atomic E-state index is 0.282. The lowest BCUT2D eigenvalue weighted by molar-refractivity contribution is -0.119. The second kappa shape index (κ2) is 6.10. The van der Waals surface area contributed by atoms with Crippen LogP contribution in [0.15, 0.2) is 30.3 Å². The molecule has 0 bridgehead atoms. The zero-order chi connectivity index (χ0) is 15.5. The van der Waals surface area contributed by atoms with Gasteiger partial charge in [0.15, 0.2) is 0 Å². The van der Waals surface area contributed by atoms with E-state index in [0.717, 1.165) is 22.3 Å². The van der Waals surface area contributed by atoms with Gasteiger partial charge in [-0.1, -0.05) is 18.2 Å². The highest BCUT2D eigenvalue weighted by Crippen LogP contribution is 2.23. The van der Waals surface area contributed by atoms with Crippen LogP contribution in [0.5, 0.6) is 5.75 Å². The number of hydrogen-bond donors (Lipinski definition) is 2. The lowest BCUT2D eigenvalue weighted by Crippen LogP contribution is -2.42. The predicted octanol–water partition coefficient (Wildman–Crippen LogP) is 1.99. The van der Waals surface area contributed by atoms with Crippen LogP contribution in [0.4, 0.5) is 0 Å². The molecule has 3 N–H and O–H groups in total. The van der Waals surface area contributed by atoms with E-state index in [-0.39, 0.29) is 17.9 Å². The molecule has 5 heteroatoms. The average Bonchev–Trinajstić information content (AvgIpc) is 2.43. The number of nitrogens with zero attached hydrogens (tertiary/aromatic N) is 1. The summed E-state index contributed by atoms with van der Waals surface area (Å²) >= 11 is 0. The number of primary amides is 1. The number of amides is 1. The number of nitrogens with two attached hydrogens (primary N) is 1. The highest BCUT2D eigenvalue weighted by atomic mass is 16.5. The summed E-state index contributed by atoms with van der Waals surface area (Å²) in [5.74, 6) is 0.436. The van der Waals surface area contributed by atoms with E-state index in [2.05, 4.69) is 10.3 Å². The number of carbonyl (C=O) groups is 1. The maximum Gasteiger partial charge on any atom is 0.219 e. The maximum absolute atomic E-state index is 11.0. The fourth-order valence-corrected chi connectivity index (χ4v) is 2.25. The van der Waals surface area contributed by atoms with Crippen LogP contribution in [0, 0.1) is 0 Å². The zero-order valence-corrected chi connectivity index (χ0v) is 12.6. The molecule has 0 spiro atoms. The molecule has 0 saturated heterocycles. The van der Waals surface area contributed by atoms with Crippen LogP contribution in [-0.4, -0.2) is 23.5 Å². The molecule has 0 fully saturated rings. The summed E-state index contributed by atoms with van der Waals surface area (Å²) in [6, 6.07) is 9.82. The predicted molar refractivity (Wildman–Crippen MR) is 83.0 cm³/mol. The summed E-state index contributed by atoms with van der Waals surface area (Å²) in [6.07, 6.45) is 0.282. The minimum Gasteiger partial charge on any atom is -0.494 e. The first kappa shape index (κ1) is 15.3. The largest absolute Gasteiger partial charge is 0.494 e. The molecule has 1 aromatic carbocycles. The van der Waals surface area contributed by atoms with E-state index < -0.39 is 0 Å². The van der Waals surface area contributed by atoms with Gasteiger partial charge in [0.2, 0.25) is 5.91 Å². The van der Waals surface area contributed by atoms with Crippen molar-refractivity contribution < 1.29 is 9.53 Å². The second-order valence-electron chi connectivity index (χ2n) is 5.72. The van der Waals surface area contributed by atoms with Gasteiger partial charge < -0.3 is 15.8 Å². The highest BCUT2D eigenvalue weighted by molar-refractivity contribution is 5.84. The lowest BCUT2D eigenvalue weighted by atomic mass is 10.0. The number of rotatable bonds is 6. The smallest absolute Gasteiger partial charge is 0.219 e. The maximum atomic E-state index is 11.0. The lowest BCUT2D eigenvalue weighted by Gasteiger charge is -2.24. The Kier molecular flexibility index (Phi) is 4.43. The third-order valence-corrected chi connectivity index (χ3v) is 3.33. The molecule has 1 amide bonds. The quantitative estimate of drug-likeness (QED) is 0.851. The number of pyridine rings is 1. The number of methoxy groups -OCH3 is 1. The van der Waals surface area contributed by atoms with Gasteiger partial charge in [-0.3, -0.25) is 4.79 Å². The molecule has 0 aliphatic heterocycles. The number of aromatic nitrogens is 1. The number of hydrogen-bond acceptors (Lipinski definition) is 4. The number of carbonyl (C=O) groups excluding carboxylic acids is 1. The molecule has 2 rings (SSSR count). The van der Waals surface area contributed by atoms with E-state index in [1.54, 1.807) is 7.11 Å². The van der Waals surface area contributed by atoms with Crippen molar-refractivity contribution in [2.45, 2.75) is 32.4 Å². The molecule has 0 saturated carbocycles. The average molecular weight is 287 g/mol. The van der Waals surface area contributed by atoms with Gasteiger partial charge in [-0.2, -0.15) is 0 Å². The molecule has 0 aliphatic carbocycles. The molecule has 0 radical (unpaired) electrons. The fraction of sp³-hybridized carbons (Fsp3) is 0.375. The van der Waals surface area contributed by atoms with Crippen LogP contribution >= 0.6 is 0 Å². The summed E-state index contributed by atoms with van der Waals surface area (Å²) in [5.41, 5.74) is 6.62. The van der Waals surface area contributed by atoms with E-state index in [4.69, 9.17) is 10.5 Å². The normalized spacial score (nSPS) is 11.6. The monoisotopic (exact) mass is 287 g/mol. The second-order valence-corrected chi connectivity index (χ2v) is 5.72. The molecule has 5 nitrogen and oxygen atoms in total. The molecule has 0 aliphatic rings. The highest BCUT2D eigenvalue weighted by Gasteiger charge is 2.19. The van der Waals surface area contributed by atoms with Gasteiger partial charge in [-0.25, -0.2) is 4.98 Å². The first-order valence-corrected chi connectivity index (χ1v) is 6.87. The summed E-state index contributed by atoms with van der Waals surface area (Å²) < 4.78 is 5.34. The molecule has 0 atom stereocenters. The van der Waals surface area contributed by atoms with E-state index in [9.17, 15) is 4.79 Å². The third-order valence-electron chi connectivity index (χ3n) is 3.33. The Morgan fingerprint density at radius 1 is 1.33 bits per heavy atom. The van der Waals surface area contributed by atoms with Crippen LogP contribution < -0.4 is 15.8 Å². The van der Waals surface area contributed by atoms with Crippen LogP contribution in [0.25, 0.3) is 10.9 Å². The molecule has 2 aromatic rings. The third kappa shape index (κ3) is 3.92. The molecular formula is C16H21N3O2. The van der Waals surface area contributed by atoms with Crippen molar-refractivity contribution in [3.05, 3.63) is 36.0 Å². The number of nitrogens with one attached hydrogen (secondary N) is 1. The Morgan fingerprint density at radius 2 is 2.10 bits per heavy atom. The standard InChI is InChI=1S/C16H21N3O2/c1-16(2,9-14(17)20)18-10-12-8-7-11-5-4-6-13(21-3)15(11)19-12/h4-8,18H,9-10H2,1-3H3,(H2,17,20). The SMILES string of the molecule is COc1cccc2ccc(CNC(C)(C)CC(N)=O)nc12. The van der Waals surface area contributed by atoms with Crippen molar-refractivity contribution in [3.8, 4) is 5.75 Å². The topological polar surface area (TPSA) is 77.2 Å². The molecule has 1 aromatic heterocycles. The van der Waals surface area contributed by atoms with Crippen molar-refractivity contribution in [3.63, 3.8) is 0 Å². The Bertz CT molecular complexity index is 653. The van der Waals surface area contributed by atoms with E-state index in [0.29, 0.717) is 6.54 Å². The van der Waals surface area contributed by atoms with E-state index in [1.165, 1.54) is 0 Å². The molecular weight excluding hydrogens is 266 g/mol. The van der Waals surface area contributed by atoms with Crippen LogP contribution in [-0.2, 0) is 11.3 Å². The summed E-state index contributed by atoms with van der Waals surface area (Å²) in [4.78, 5) is 15.7. The van der Waals surface area contributed by atoms with Gasteiger partial charge in [0, 0.05) is 23.9 Å². The van der Waals surface area contributed by atoms with E-state index >= 15 is 0 Å². The van der Waals surface area contributed by atoms with Gasteiger partial charge in [-0.15, -0.1) is 0 Å². The van der Waals surface area contributed by atoms with Gasteiger partial charge in [0.1, 0.15) is 11.3 Å². The Balaban J connectivity index is 2.18. The Labute approximate surface area is 124 Å². The molecule has 1 heterocycles. The van der Waals surface area contributed by atoms with Crippen molar-refractivity contribution >= 4 is 16.8 Å². The molecule has 21 heavy (non-hydrogen) atoms. The van der Waals surface area contributed by atoms with Gasteiger partial charge in [0.25, 0.3) is 0 Å². The molecule has 112 valence electrons. The van der Waals surface area contributed by atoms with Crippen LogP contribution in [0.1, 0.15) is 26.0 Å². The van der Waals surface area contributed by atoms with Crippen molar-refractivity contribution in [2.24, 2.45) is 5.73 Å². The first-order chi connectivity index (χ1) is 9.91. The van der Waals surface area contributed by atoms with Crippen LogP contribution in [0.2, 0.25) is 0 Å². The van der Waals surface area contributed by atoms with Crippen molar-refractivity contribution in [1.82, 2.24) is 10.3 Å². The van der Waals surface area contributed by atoms with Crippen molar-refractivity contribution in [2.75, 3.05) is 7.11 Å². The number of benzene rings is 1. The van der Waals surface area contributed by atoms with Gasteiger partial charge in [-0.05, 0) is 26.0 Å². The summed E-state index contributed by atoms with van der Waals surface area (Å²) in [5, 5.41) is 4.34. The Morgan fingerprint density at radius 3 is 2.76 bits per heavy atom. The van der Waals surface area contributed by atoms with Crippen LogP contribution in [0.3, 0.4) is 0 Å². The van der Waals surface area contributed by atoms with E-state index in [1.807, 2.05) is 44.2 Å². The van der Waals surface area contributed by atoms with Crippen molar-refractivity contribution in [1.29, 1.82) is 0 Å². The fourth-order valence-electron chi connectivity index (χ4n) is 2.25. The Hall–Kier alpha value is -2.14. The first-order valence-electron chi connectivity index (χ1n) is 6.87. The number of ether oxygens (including phenoxy) is 1. The number of fused-ring (bicyclic) bond motifs is 1. The zero-order valence-electron chi connectivity index (χ0n) is 12.6. The molecule has 0 unspecified atom stereocenters. The van der Waals surface area contributed by atoms with Gasteiger partial charge in [0.05, 0.1) is 12.8 Å². The number of para-hydroxylation sites is 1. The van der Waals surface area contributed by atoms with Gasteiger partial charge >= 0.3 is 0 Å².